The first-order valence-electron chi connectivity index (χ1n) is 4.03. The number of aliphatic hydroxyl groups is 1. The fourth-order valence-electron chi connectivity index (χ4n) is 1.11. The maximum atomic E-state index is 13.2. The van der Waals surface area contributed by atoms with Crippen molar-refractivity contribution in [3.05, 3.63) is 29.3 Å². The van der Waals surface area contributed by atoms with Crippen molar-refractivity contribution in [1.82, 2.24) is 0 Å². The van der Waals surface area contributed by atoms with Gasteiger partial charge < -0.3 is 16.6 Å². The van der Waals surface area contributed by atoms with Gasteiger partial charge in [-0.25, -0.2) is 8.78 Å². The molecule has 0 amide bonds. The second-order valence-electron chi connectivity index (χ2n) is 3.44. The van der Waals surface area contributed by atoms with E-state index in [4.69, 9.17) is 16.6 Å². The molecule has 0 aliphatic carbocycles. The molecule has 0 unspecified atom stereocenters. The highest BCUT2D eigenvalue weighted by Crippen LogP contribution is 2.25. The predicted octanol–water partition coefficient (Wildman–Crippen LogP) is 0.713. The lowest BCUT2D eigenvalue weighted by atomic mass is 9.93. The Hall–Kier alpha value is -1.20. The van der Waals surface area contributed by atoms with Crippen LogP contribution < -0.4 is 11.5 Å². The van der Waals surface area contributed by atoms with Crippen molar-refractivity contribution >= 4 is 5.69 Å². The number of rotatable bonds is 2. The number of halogens is 2. The number of nitrogens with two attached hydrogens (primary N) is 2. The minimum Gasteiger partial charge on any atom is -0.399 e. The molecule has 1 aromatic rings. The van der Waals surface area contributed by atoms with Crippen molar-refractivity contribution < 1.29 is 13.9 Å². The molecule has 1 atom stereocenters. The minimum atomic E-state index is -1.33. The largest absolute Gasteiger partial charge is 0.399 e. The first kappa shape index (κ1) is 10.9. The van der Waals surface area contributed by atoms with Crippen molar-refractivity contribution in [2.24, 2.45) is 5.73 Å². The Balaban J connectivity index is 3.34. The fraction of sp³-hybridized carbons (Fsp3) is 0.333. The lowest BCUT2D eigenvalue weighted by molar-refractivity contribution is 0.205. The molecule has 78 valence electrons. The molecule has 14 heavy (non-hydrogen) atoms. The zero-order valence-electron chi connectivity index (χ0n) is 7.72. The van der Waals surface area contributed by atoms with E-state index < -0.39 is 23.8 Å². The molecule has 0 heterocycles. The monoisotopic (exact) mass is 202 g/mol. The van der Waals surface area contributed by atoms with Crippen LogP contribution in [0.2, 0.25) is 0 Å². The van der Waals surface area contributed by atoms with E-state index in [1.165, 1.54) is 13.0 Å². The fourth-order valence-corrected chi connectivity index (χ4v) is 1.11. The highest BCUT2D eigenvalue weighted by Gasteiger charge is 2.26. The van der Waals surface area contributed by atoms with E-state index in [9.17, 15) is 8.78 Å². The summed E-state index contributed by atoms with van der Waals surface area (Å²) in [6.45, 7) is 0.900. The van der Waals surface area contributed by atoms with Crippen molar-refractivity contribution in [2.45, 2.75) is 12.5 Å². The number of nitrogen functional groups attached to an aromatic ring is 1. The van der Waals surface area contributed by atoms with E-state index in [1.807, 2.05) is 0 Å². The maximum absolute atomic E-state index is 13.2. The van der Waals surface area contributed by atoms with Gasteiger partial charge in [0.25, 0.3) is 0 Å². The van der Waals surface area contributed by atoms with Crippen LogP contribution in [0.15, 0.2) is 12.1 Å². The molecule has 3 nitrogen and oxygen atoms in total. The first-order chi connectivity index (χ1) is 6.38. The summed E-state index contributed by atoms with van der Waals surface area (Å²) in [6, 6.07) is 2.08. The zero-order valence-corrected chi connectivity index (χ0v) is 7.72. The molecule has 0 aromatic heterocycles. The van der Waals surface area contributed by atoms with E-state index in [2.05, 4.69) is 0 Å². The molecule has 0 saturated heterocycles. The van der Waals surface area contributed by atoms with Gasteiger partial charge in [0.15, 0.2) is 11.6 Å². The summed E-state index contributed by atoms with van der Waals surface area (Å²) in [7, 11) is 0. The van der Waals surface area contributed by atoms with Gasteiger partial charge in [-0.1, -0.05) is 0 Å². The maximum Gasteiger partial charge on any atom is 0.164 e. The average Bonchev–Trinajstić information content (AvgIpc) is 2.11. The van der Waals surface area contributed by atoms with Gasteiger partial charge in [0.2, 0.25) is 0 Å². The molecule has 5 N–H and O–H groups in total. The van der Waals surface area contributed by atoms with Gasteiger partial charge in [-0.3, -0.25) is 0 Å². The van der Waals surface area contributed by atoms with Gasteiger partial charge in [0, 0.05) is 11.3 Å². The molecule has 0 aliphatic rings. The second-order valence-corrected chi connectivity index (χ2v) is 3.44. The van der Waals surface area contributed by atoms with Crippen LogP contribution in [0.4, 0.5) is 14.5 Å². The minimum absolute atomic E-state index is 0.0732. The summed E-state index contributed by atoms with van der Waals surface area (Å²) in [5, 5.41) is 8.90. The highest BCUT2D eigenvalue weighted by atomic mass is 19.2. The zero-order chi connectivity index (χ0) is 10.9. The van der Waals surface area contributed by atoms with E-state index >= 15 is 0 Å². The van der Waals surface area contributed by atoms with Gasteiger partial charge >= 0.3 is 0 Å². The Kier molecular flexibility index (Phi) is 2.73. The molecule has 0 spiro atoms. The average molecular weight is 202 g/mol. The lowest BCUT2D eigenvalue weighted by Gasteiger charge is -2.23. The number of benzene rings is 1. The van der Waals surface area contributed by atoms with Crippen LogP contribution in [0.25, 0.3) is 0 Å². The molecular weight excluding hydrogens is 190 g/mol. The van der Waals surface area contributed by atoms with Crippen molar-refractivity contribution in [1.29, 1.82) is 0 Å². The number of hydrogen-bond donors (Lipinski definition) is 3. The smallest absolute Gasteiger partial charge is 0.164 e. The van der Waals surface area contributed by atoms with Gasteiger partial charge in [0.05, 0.1) is 12.1 Å². The third kappa shape index (κ3) is 1.83. The SMILES string of the molecule is C[C@@](N)(CO)c1cc(N)cc(F)c1F. The van der Waals surface area contributed by atoms with Crippen LogP contribution >= 0.6 is 0 Å². The summed E-state index contributed by atoms with van der Waals surface area (Å²) < 4.78 is 26.2. The summed E-state index contributed by atoms with van der Waals surface area (Å²) in [5.74, 6) is -2.14. The van der Waals surface area contributed by atoms with Crippen LogP contribution in [0.3, 0.4) is 0 Å². The molecule has 0 saturated carbocycles. The van der Waals surface area contributed by atoms with Gasteiger partial charge in [-0.05, 0) is 19.1 Å². The second kappa shape index (κ2) is 3.51. The summed E-state index contributed by atoms with van der Waals surface area (Å²) in [6.07, 6.45) is 0. The van der Waals surface area contributed by atoms with Crippen LogP contribution in [-0.2, 0) is 5.54 Å². The Morgan fingerprint density at radius 3 is 2.50 bits per heavy atom. The van der Waals surface area contributed by atoms with Crippen molar-refractivity contribution in [2.75, 3.05) is 12.3 Å². The molecule has 0 bridgehead atoms. The van der Waals surface area contributed by atoms with Gasteiger partial charge in [-0.2, -0.15) is 0 Å². The highest BCUT2D eigenvalue weighted by molar-refractivity contribution is 5.44. The summed E-state index contributed by atoms with van der Waals surface area (Å²) in [5.41, 5.74) is 9.51. The quantitative estimate of drug-likeness (QED) is 0.618. The standard InChI is InChI=1S/C9H12F2N2O/c1-9(13,4-14)6-2-5(12)3-7(10)8(6)11/h2-3,14H,4,12-13H2,1H3/t9-/m1/s1. The molecular formula is C9H12F2N2O. The van der Waals surface area contributed by atoms with Gasteiger partial charge in [0.1, 0.15) is 0 Å². The molecule has 0 radical (unpaired) electrons. The van der Waals surface area contributed by atoms with E-state index in [1.54, 1.807) is 0 Å². The molecule has 0 aliphatic heterocycles. The van der Waals surface area contributed by atoms with Crippen LogP contribution in [0, 0.1) is 11.6 Å². The molecule has 1 aromatic carbocycles. The van der Waals surface area contributed by atoms with Crippen molar-refractivity contribution in [3.63, 3.8) is 0 Å². The lowest BCUT2D eigenvalue weighted by Crippen LogP contribution is -2.38. The predicted molar refractivity (Wildman–Crippen MR) is 49.4 cm³/mol. The number of hydrogen-bond acceptors (Lipinski definition) is 3. The number of anilines is 1. The molecule has 0 fully saturated rings. The third-order valence-electron chi connectivity index (χ3n) is 1.99. The topological polar surface area (TPSA) is 72.3 Å². The first-order valence-corrected chi connectivity index (χ1v) is 4.03. The Labute approximate surface area is 80.3 Å². The van der Waals surface area contributed by atoms with Crippen molar-refractivity contribution in [3.8, 4) is 0 Å². The van der Waals surface area contributed by atoms with Crippen LogP contribution in [-0.4, -0.2) is 11.7 Å². The Morgan fingerprint density at radius 2 is 2.00 bits per heavy atom. The normalized spacial score (nSPS) is 15.2. The summed E-state index contributed by atoms with van der Waals surface area (Å²) >= 11 is 0. The third-order valence-corrected chi connectivity index (χ3v) is 1.99. The Morgan fingerprint density at radius 1 is 1.43 bits per heavy atom. The van der Waals surface area contributed by atoms with E-state index in [-0.39, 0.29) is 11.3 Å². The van der Waals surface area contributed by atoms with Gasteiger partial charge in [-0.15, -0.1) is 0 Å². The number of aliphatic hydroxyl groups excluding tert-OH is 1. The van der Waals surface area contributed by atoms with Crippen LogP contribution in [0.1, 0.15) is 12.5 Å². The molecule has 5 heteroatoms. The summed E-state index contributed by atoms with van der Waals surface area (Å²) in [4.78, 5) is 0. The van der Waals surface area contributed by atoms with Crippen LogP contribution in [0.5, 0.6) is 0 Å². The molecule has 1 rings (SSSR count). The van der Waals surface area contributed by atoms with E-state index in [0.29, 0.717) is 0 Å². The Bertz CT molecular complexity index is 353. The van der Waals surface area contributed by atoms with E-state index in [0.717, 1.165) is 6.07 Å².